The second-order valence-corrected chi connectivity index (χ2v) is 6.12. The summed E-state index contributed by atoms with van der Waals surface area (Å²) in [6, 6.07) is 8.60. The number of carbonyl (C=O) groups is 4. The summed E-state index contributed by atoms with van der Waals surface area (Å²) in [4.78, 5) is 48.4. The highest BCUT2D eigenvalue weighted by Crippen LogP contribution is 2.19. The smallest absolute Gasteiger partial charge is 0.297 e. The summed E-state index contributed by atoms with van der Waals surface area (Å²) in [6.07, 6.45) is 4.58. The van der Waals surface area contributed by atoms with Gasteiger partial charge in [-0.3, -0.25) is 35.2 Å². The molecule has 0 radical (unpaired) electrons. The minimum absolute atomic E-state index is 0.0174. The topological polar surface area (TPSA) is 108 Å². The third-order valence-electron chi connectivity index (χ3n) is 3.69. The summed E-state index contributed by atoms with van der Waals surface area (Å²) in [6.45, 7) is 1.80. The molecule has 0 saturated carbocycles. The average molecular weight is 382 g/mol. The Balaban J connectivity index is 1.95. The Morgan fingerprint density at radius 3 is 2.22 bits per heavy atom. The van der Waals surface area contributed by atoms with Gasteiger partial charge in [0.1, 0.15) is 11.3 Å². The molecule has 2 aliphatic heterocycles. The lowest BCUT2D eigenvalue weighted by molar-refractivity contribution is -0.124. The lowest BCUT2D eigenvalue weighted by Crippen LogP contribution is -2.51. The molecule has 2 aliphatic rings. The van der Waals surface area contributed by atoms with E-state index < -0.39 is 23.8 Å². The van der Waals surface area contributed by atoms with Crippen molar-refractivity contribution in [3.8, 4) is 0 Å². The Morgan fingerprint density at radius 2 is 1.59 bits per heavy atom. The van der Waals surface area contributed by atoms with Gasteiger partial charge in [0.25, 0.3) is 17.7 Å². The van der Waals surface area contributed by atoms with Gasteiger partial charge in [0, 0.05) is 6.20 Å². The van der Waals surface area contributed by atoms with Crippen LogP contribution in [0.3, 0.4) is 0 Å². The van der Waals surface area contributed by atoms with Crippen LogP contribution in [-0.4, -0.2) is 33.8 Å². The van der Waals surface area contributed by atoms with Crippen LogP contribution in [0.15, 0.2) is 59.5 Å². The SMILES string of the molecule is CC(=C/c1ccccc1)/C=C1\C(=O)NC(=S)N1C=C1C(=O)NC(=O)NC1=O. The Morgan fingerprint density at radius 1 is 0.963 bits per heavy atom. The number of amides is 5. The van der Waals surface area contributed by atoms with E-state index in [4.69, 9.17) is 12.2 Å². The van der Waals surface area contributed by atoms with Crippen molar-refractivity contribution in [3.63, 3.8) is 0 Å². The first-order valence-corrected chi connectivity index (χ1v) is 8.24. The third-order valence-corrected chi connectivity index (χ3v) is 3.99. The van der Waals surface area contributed by atoms with Crippen molar-refractivity contribution in [1.29, 1.82) is 0 Å². The van der Waals surface area contributed by atoms with Crippen molar-refractivity contribution in [3.05, 3.63) is 65.0 Å². The molecule has 8 nitrogen and oxygen atoms in total. The molecule has 0 spiro atoms. The molecule has 3 rings (SSSR count). The molecule has 3 N–H and O–H groups in total. The number of hydrogen-bond acceptors (Lipinski definition) is 5. The van der Waals surface area contributed by atoms with Crippen LogP contribution in [0.5, 0.6) is 0 Å². The zero-order valence-corrected chi connectivity index (χ0v) is 14.9. The van der Waals surface area contributed by atoms with Gasteiger partial charge in [-0.25, -0.2) is 4.79 Å². The van der Waals surface area contributed by atoms with Crippen molar-refractivity contribution in [2.24, 2.45) is 0 Å². The van der Waals surface area contributed by atoms with Crippen LogP contribution in [0.2, 0.25) is 0 Å². The van der Waals surface area contributed by atoms with Crippen molar-refractivity contribution >= 4 is 47.2 Å². The average Bonchev–Trinajstić information content (AvgIpc) is 2.85. The molecule has 0 unspecified atom stereocenters. The van der Waals surface area contributed by atoms with Crippen LogP contribution in [0.4, 0.5) is 4.79 Å². The van der Waals surface area contributed by atoms with Crippen molar-refractivity contribution < 1.29 is 19.2 Å². The van der Waals surface area contributed by atoms with Gasteiger partial charge >= 0.3 is 6.03 Å². The number of imide groups is 2. The monoisotopic (exact) mass is 382 g/mol. The number of carbonyl (C=O) groups excluding carboxylic acids is 4. The summed E-state index contributed by atoms with van der Waals surface area (Å²) in [7, 11) is 0. The van der Waals surface area contributed by atoms with E-state index in [-0.39, 0.29) is 16.4 Å². The number of allylic oxidation sites excluding steroid dienone is 2. The number of rotatable bonds is 3. The highest BCUT2D eigenvalue weighted by molar-refractivity contribution is 7.80. The fourth-order valence-corrected chi connectivity index (χ4v) is 2.74. The highest BCUT2D eigenvalue weighted by atomic mass is 32.1. The molecule has 1 aromatic rings. The van der Waals surface area contributed by atoms with Crippen LogP contribution in [0.1, 0.15) is 12.5 Å². The summed E-state index contributed by atoms with van der Waals surface area (Å²) in [5.41, 5.74) is 1.51. The largest absolute Gasteiger partial charge is 0.328 e. The highest BCUT2D eigenvalue weighted by Gasteiger charge is 2.33. The maximum atomic E-state index is 12.2. The molecule has 136 valence electrons. The molecule has 0 aromatic heterocycles. The maximum absolute atomic E-state index is 12.2. The first kappa shape index (κ1) is 18.2. The van der Waals surface area contributed by atoms with Crippen LogP contribution in [-0.2, 0) is 14.4 Å². The van der Waals surface area contributed by atoms with Crippen molar-refractivity contribution in [1.82, 2.24) is 20.9 Å². The van der Waals surface area contributed by atoms with E-state index in [0.717, 1.165) is 17.3 Å². The van der Waals surface area contributed by atoms with Crippen LogP contribution < -0.4 is 16.0 Å². The predicted octanol–water partition coefficient (Wildman–Crippen LogP) is 0.940. The van der Waals surface area contributed by atoms with E-state index >= 15 is 0 Å². The van der Waals surface area contributed by atoms with Crippen LogP contribution in [0.25, 0.3) is 6.08 Å². The number of nitrogens with zero attached hydrogens (tertiary/aromatic N) is 1. The second kappa shape index (κ2) is 7.34. The Bertz CT molecular complexity index is 941. The summed E-state index contributed by atoms with van der Waals surface area (Å²) in [5, 5.41) is 6.41. The molecular formula is C18H14N4O4S. The number of benzene rings is 1. The number of urea groups is 1. The quantitative estimate of drug-likeness (QED) is 0.408. The lowest BCUT2D eigenvalue weighted by atomic mass is 10.1. The van der Waals surface area contributed by atoms with Crippen LogP contribution in [0, 0.1) is 0 Å². The van der Waals surface area contributed by atoms with E-state index in [1.807, 2.05) is 47.0 Å². The van der Waals surface area contributed by atoms with E-state index in [1.165, 1.54) is 4.90 Å². The number of thiocarbonyl (C=S) groups is 1. The number of barbiturate groups is 1. The first-order chi connectivity index (χ1) is 12.8. The standard InChI is InChI=1S/C18H14N4O4S/c1-10(7-11-5-3-2-4-6-11)8-13-16(25)21-18(27)22(13)9-12-14(23)19-17(26)20-15(12)24/h2-9H,1H3,(H,21,25,27)(H2,19,20,23,24,26)/b10-7-,13-8+. The lowest BCUT2D eigenvalue weighted by Gasteiger charge is -2.18. The minimum Gasteiger partial charge on any atom is -0.297 e. The minimum atomic E-state index is -0.905. The molecule has 0 bridgehead atoms. The van der Waals surface area contributed by atoms with Gasteiger partial charge in [-0.15, -0.1) is 0 Å². The molecule has 27 heavy (non-hydrogen) atoms. The van der Waals surface area contributed by atoms with E-state index in [1.54, 1.807) is 13.0 Å². The van der Waals surface area contributed by atoms with Crippen molar-refractivity contribution in [2.45, 2.75) is 6.92 Å². The van der Waals surface area contributed by atoms with Gasteiger partial charge < -0.3 is 0 Å². The van der Waals surface area contributed by atoms with Gasteiger partial charge in [-0.2, -0.15) is 0 Å². The van der Waals surface area contributed by atoms with E-state index in [2.05, 4.69) is 5.32 Å². The van der Waals surface area contributed by atoms with Gasteiger partial charge in [0.05, 0.1) is 0 Å². The normalized spacial score (nSPS) is 19.2. The Hall–Kier alpha value is -3.59. The number of nitrogens with one attached hydrogen (secondary N) is 3. The number of hydrogen-bond donors (Lipinski definition) is 3. The summed E-state index contributed by atoms with van der Waals surface area (Å²) >= 11 is 5.10. The Kier molecular flexibility index (Phi) is 4.95. The first-order valence-electron chi connectivity index (χ1n) is 7.83. The van der Waals surface area contributed by atoms with Gasteiger partial charge in [0.15, 0.2) is 5.11 Å². The van der Waals surface area contributed by atoms with Gasteiger partial charge in [-0.1, -0.05) is 36.4 Å². The molecule has 2 heterocycles. The predicted molar refractivity (Wildman–Crippen MR) is 101 cm³/mol. The molecule has 5 amide bonds. The molecule has 0 atom stereocenters. The molecular weight excluding hydrogens is 368 g/mol. The summed E-state index contributed by atoms with van der Waals surface area (Å²) < 4.78 is 0. The molecule has 9 heteroatoms. The summed E-state index contributed by atoms with van der Waals surface area (Å²) in [5.74, 6) is -2.21. The van der Waals surface area contributed by atoms with Crippen molar-refractivity contribution in [2.75, 3.05) is 0 Å². The molecule has 0 aliphatic carbocycles. The fraction of sp³-hybridized carbons (Fsp3) is 0.0556. The fourth-order valence-electron chi connectivity index (χ4n) is 2.49. The zero-order chi connectivity index (χ0) is 19.6. The van der Waals surface area contributed by atoms with Gasteiger partial charge in [-0.05, 0) is 36.4 Å². The molecule has 1 aromatic carbocycles. The zero-order valence-electron chi connectivity index (χ0n) is 14.1. The Labute approximate surface area is 159 Å². The van der Waals surface area contributed by atoms with E-state index in [9.17, 15) is 19.2 Å². The second-order valence-electron chi connectivity index (χ2n) is 5.74. The molecule has 2 fully saturated rings. The maximum Gasteiger partial charge on any atom is 0.328 e. The molecule has 2 saturated heterocycles. The third kappa shape index (κ3) is 3.98. The van der Waals surface area contributed by atoms with E-state index in [0.29, 0.717) is 0 Å². The van der Waals surface area contributed by atoms with Gasteiger partial charge in [0.2, 0.25) is 0 Å². The van der Waals surface area contributed by atoms with Crippen LogP contribution >= 0.6 is 12.2 Å².